The Hall–Kier alpha value is -1.26. The Morgan fingerprint density at radius 1 is 1.44 bits per heavy atom. The molecule has 0 heterocycles. The molecule has 1 aliphatic rings. The lowest BCUT2D eigenvalue weighted by Crippen LogP contribution is -2.51. The zero-order valence-corrected chi connectivity index (χ0v) is 10.0. The molecular formula is C11H20N2O3. The Morgan fingerprint density at radius 2 is 2.00 bits per heavy atom. The molecule has 1 saturated carbocycles. The maximum Gasteiger partial charge on any atom is 0.326 e. The summed E-state index contributed by atoms with van der Waals surface area (Å²) in [5.74, 6) is -1.05. The summed E-state index contributed by atoms with van der Waals surface area (Å²) in [7, 11) is 0. The van der Waals surface area contributed by atoms with Crippen LogP contribution in [0.25, 0.3) is 0 Å². The van der Waals surface area contributed by atoms with Crippen LogP contribution >= 0.6 is 0 Å². The fraction of sp³-hybridized carbons (Fsp3) is 0.818. The molecule has 0 aromatic heterocycles. The molecule has 0 bridgehead atoms. The van der Waals surface area contributed by atoms with Gasteiger partial charge in [-0.15, -0.1) is 0 Å². The third-order valence-electron chi connectivity index (χ3n) is 3.18. The maximum atomic E-state index is 11.5. The lowest BCUT2D eigenvalue weighted by molar-refractivity contribution is -0.140. The highest BCUT2D eigenvalue weighted by Gasteiger charge is 2.39. The molecule has 2 amide bonds. The highest BCUT2D eigenvalue weighted by atomic mass is 16.4. The van der Waals surface area contributed by atoms with Crippen molar-refractivity contribution < 1.29 is 14.7 Å². The number of hydrogen-bond donors (Lipinski definition) is 3. The number of rotatable bonds is 5. The molecule has 1 rings (SSSR count). The second-order valence-corrected chi connectivity index (χ2v) is 4.86. The molecule has 0 radical (unpaired) electrons. The van der Waals surface area contributed by atoms with E-state index in [4.69, 9.17) is 5.11 Å². The van der Waals surface area contributed by atoms with Crippen molar-refractivity contribution in [2.75, 3.05) is 0 Å². The van der Waals surface area contributed by atoms with E-state index < -0.39 is 12.0 Å². The molecular weight excluding hydrogens is 208 g/mol. The Kier molecular flexibility index (Phi) is 3.78. The zero-order chi connectivity index (χ0) is 12.3. The van der Waals surface area contributed by atoms with Crippen LogP contribution in [-0.2, 0) is 4.79 Å². The van der Waals surface area contributed by atoms with Crippen molar-refractivity contribution in [3.05, 3.63) is 0 Å². The topological polar surface area (TPSA) is 78.4 Å². The predicted molar refractivity (Wildman–Crippen MR) is 60.2 cm³/mol. The van der Waals surface area contributed by atoms with Crippen LogP contribution in [0.5, 0.6) is 0 Å². The molecule has 2 unspecified atom stereocenters. The van der Waals surface area contributed by atoms with Crippen LogP contribution in [0.4, 0.5) is 4.79 Å². The van der Waals surface area contributed by atoms with Gasteiger partial charge in [0.1, 0.15) is 6.04 Å². The lowest BCUT2D eigenvalue weighted by Gasteiger charge is -2.21. The lowest BCUT2D eigenvalue weighted by atomic mass is 9.99. The minimum absolute atomic E-state index is 0.0738. The Labute approximate surface area is 95.6 Å². The van der Waals surface area contributed by atoms with Gasteiger partial charge in [-0.1, -0.05) is 20.3 Å². The molecule has 2 atom stereocenters. The van der Waals surface area contributed by atoms with Crippen molar-refractivity contribution in [1.29, 1.82) is 0 Å². The fourth-order valence-corrected chi connectivity index (χ4v) is 1.45. The number of carbonyl (C=O) groups excluding carboxylic acids is 1. The average molecular weight is 228 g/mol. The van der Waals surface area contributed by atoms with Gasteiger partial charge in [0.2, 0.25) is 0 Å². The van der Waals surface area contributed by atoms with E-state index in [1.54, 1.807) is 0 Å². The van der Waals surface area contributed by atoms with Crippen LogP contribution in [0.15, 0.2) is 0 Å². The van der Waals surface area contributed by atoms with Crippen LogP contribution in [0.2, 0.25) is 0 Å². The van der Waals surface area contributed by atoms with E-state index in [1.165, 1.54) is 0 Å². The predicted octanol–water partition coefficient (Wildman–Crippen LogP) is 1.34. The minimum atomic E-state index is -0.981. The molecule has 5 nitrogen and oxygen atoms in total. The van der Waals surface area contributed by atoms with Crippen molar-refractivity contribution in [2.24, 2.45) is 5.92 Å². The first kappa shape index (κ1) is 12.8. The number of carboxylic acids is 1. The Bertz CT molecular complexity index is 287. The first-order valence-electron chi connectivity index (χ1n) is 5.69. The molecule has 1 aliphatic carbocycles. The van der Waals surface area contributed by atoms with Crippen LogP contribution in [0.3, 0.4) is 0 Å². The van der Waals surface area contributed by atoms with Crippen LogP contribution in [-0.4, -0.2) is 28.7 Å². The third-order valence-corrected chi connectivity index (χ3v) is 3.18. The largest absolute Gasteiger partial charge is 0.480 e. The van der Waals surface area contributed by atoms with Gasteiger partial charge in [-0.2, -0.15) is 0 Å². The van der Waals surface area contributed by atoms with Gasteiger partial charge in [0.25, 0.3) is 0 Å². The number of nitrogens with one attached hydrogen (secondary N) is 2. The average Bonchev–Trinajstić information content (AvgIpc) is 2.90. The molecule has 0 aromatic rings. The van der Waals surface area contributed by atoms with Gasteiger partial charge in [0, 0.05) is 5.54 Å². The molecule has 0 spiro atoms. The summed E-state index contributed by atoms with van der Waals surface area (Å²) in [6, 6.07) is -1.19. The molecule has 0 aromatic carbocycles. The number of carboxylic acid groups (broad SMARTS) is 1. The van der Waals surface area contributed by atoms with E-state index in [0.717, 1.165) is 12.8 Å². The second kappa shape index (κ2) is 4.72. The van der Waals surface area contributed by atoms with E-state index in [0.29, 0.717) is 6.42 Å². The summed E-state index contributed by atoms with van der Waals surface area (Å²) in [5.41, 5.74) is -0.122. The Balaban J connectivity index is 2.47. The summed E-state index contributed by atoms with van der Waals surface area (Å²) < 4.78 is 0. The van der Waals surface area contributed by atoms with Crippen molar-refractivity contribution in [3.63, 3.8) is 0 Å². The number of hydrogen-bond acceptors (Lipinski definition) is 2. The number of amides is 2. The smallest absolute Gasteiger partial charge is 0.326 e. The summed E-state index contributed by atoms with van der Waals surface area (Å²) in [5, 5.41) is 14.3. The summed E-state index contributed by atoms with van der Waals surface area (Å²) >= 11 is 0. The van der Waals surface area contributed by atoms with Crippen molar-refractivity contribution in [2.45, 2.75) is 51.6 Å². The molecule has 0 aliphatic heterocycles. The molecule has 0 saturated heterocycles. The van der Waals surface area contributed by atoms with Gasteiger partial charge >= 0.3 is 12.0 Å². The van der Waals surface area contributed by atoms with E-state index >= 15 is 0 Å². The van der Waals surface area contributed by atoms with E-state index in [9.17, 15) is 9.59 Å². The molecule has 3 N–H and O–H groups in total. The van der Waals surface area contributed by atoms with E-state index in [2.05, 4.69) is 10.6 Å². The first-order valence-corrected chi connectivity index (χ1v) is 5.69. The number of urea groups is 1. The van der Waals surface area contributed by atoms with Gasteiger partial charge in [0.05, 0.1) is 0 Å². The van der Waals surface area contributed by atoms with Gasteiger partial charge in [0.15, 0.2) is 0 Å². The SMILES string of the molecule is CCC(C)C(NC(=O)NC1(C)CC1)C(=O)O. The quantitative estimate of drug-likeness (QED) is 0.664. The van der Waals surface area contributed by atoms with Crippen LogP contribution in [0, 0.1) is 5.92 Å². The monoisotopic (exact) mass is 228 g/mol. The van der Waals surface area contributed by atoms with Crippen molar-refractivity contribution in [1.82, 2.24) is 10.6 Å². The number of aliphatic carboxylic acids is 1. The van der Waals surface area contributed by atoms with Crippen molar-refractivity contribution >= 4 is 12.0 Å². The van der Waals surface area contributed by atoms with Gasteiger partial charge < -0.3 is 15.7 Å². The standard InChI is InChI=1S/C11H20N2O3/c1-4-7(2)8(9(14)15)12-10(16)13-11(3)5-6-11/h7-8H,4-6H2,1-3H3,(H,14,15)(H2,12,13,16). The van der Waals surface area contributed by atoms with Crippen LogP contribution in [0.1, 0.15) is 40.0 Å². The maximum absolute atomic E-state index is 11.5. The highest BCUT2D eigenvalue weighted by Crippen LogP contribution is 2.34. The summed E-state index contributed by atoms with van der Waals surface area (Å²) in [4.78, 5) is 22.5. The van der Waals surface area contributed by atoms with Gasteiger partial charge in [-0.25, -0.2) is 9.59 Å². The molecule has 5 heteroatoms. The Morgan fingerprint density at radius 3 is 2.38 bits per heavy atom. The second-order valence-electron chi connectivity index (χ2n) is 4.86. The van der Waals surface area contributed by atoms with E-state index in [-0.39, 0.29) is 17.5 Å². The highest BCUT2D eigenvalue weighted by molar-refractivity contribution is 5.83. The van der Waals surface area contributed by atoms with Gasteiger partial charge in [-0.3, -0.25) is 0 Å². The molecule has 16 heavy (non-hydrogen) atoms. The number of carbonyl (C=O) groups is 2. The first-order chi connectivity index (χ1) is 7.38. The minimum Gasteiger partial charge on any atom is -0.480 e. The molecule has 92 valence electrons. The molecule has 1 fully saturated rings. The van der Waals surface area contributed by atoms with Gasteiger partial charge in [-0.05, 0) is 25.7 Å². The normalized spacial score (nSPS) is 20.7. The summed E-state index contributed by atoms with van der Waals surface area (Å²) in [6.45, 7) is 5.67. The summed E-state index contributed by atoms with van der Waals surface area (Å²) in [6.07, 6.45) is 2.64. The van der Waals surface area contributed by atoms with Crippen LogP contribution < -0.4 is 10.6 Å². The fourth-order valence-electron chi connectivity index (χ4n) is 1.45. The zero-order valence-electron chi connectivity index (χ0n) is 10.0. The van der Waals surface area contributed by atoms with E-state index in [1.807, 2.05) is 20.8 Å². The third kappa shape index (κ3) is 3.40. The van der Waals surface area contributed by atoms with Crippen molar-refractivity contribution in [3.8, 4) is 0 Å².